The molecule has 0 spiro atoms. The van der Waals surface area contributed by atoms with E-state index < -0.39 is 0 Å². The van der Waals surface area contributed by atoms with Crippen molar-refractivity contribution >= 4 is 37.4 Å². The van der Waals surface area contributed by atoms with Gasteiger partial charge in [0, 0.05) is 14.6 Å². The van der Waals surface area contributed by atoms with Crippen LogP contribution in [0.1, 0.15) is 25.0 Å². The lowest BCUT2D eigenvalue weighted by atomic mass is 10.0. The van der Waals surface area contributed by atoms with E-state index in [-0.39, 0.29) is 0 Å². The lowest BCUT2D eigenvalue weighted by molar-refractivity contribution is 1.04. The van der Waals surface area contributed by atoms with Gasteiger partial charge in [-0.1, -0.05) is 13.8 Å². The molecule has 2 rings (SSSR count). The van der Waals surface area contributed by atoms with Crippen LogP contribution in [0.2, 0.25) is 0 Å². The summed E-state index contributed by atoms with van der Waals surface area (Å²) in [6.45, 7) is 4.44. The number of hydrogen-bond donors (Lipinski definition) is 0. The van der Waals surface area contributed by atoms with Crippen LogP contribution < -0.4 is 0 Å². The van der Waals surface area contributed by atoms with E-state index in [1.165, 1.54) is 25.7 Å². The van der Waals surface area contributed by atoms with Gasteiger partial charge in [0.15, 0.2) is 0 Å². The minimum absolute atomic E-state index is 1.11. The second-order valence-electron chi connectivity index (χ2n) is 3.37. The Balaban J connectivity index is 2.79. The fourth-order valence-electron chi connectivity index (χ4n) is 1.86. The summed E-state index contributed by atoms with van der Waals surface area (Å²) in [5.74, 6) is 0. The molecular formula is C12H13BrS. The van der Waals surface area contributed by atoms with Crippen LogP contribution in [0.3, 0.4) is 0 Å². The molecule has 0 nitrogen and oxygen atoms in total. The third kappa shape index (κ3) is 1.51. The maximum absolute atomic E-state index is 3.72. The zero-order chi connectivity index (χ0) is 10.1. The third-order valence-electron chi connectivity index (χ3n) is 2.62. The van der Waals surface area contributed by atoms with Gasteiger partial charge in [-0.15, -0.1) is 11.3 Å². The lowest BCUT2D eigenvalue weighted by Crippen LogP contribution is -1.92. The fraction of sp³-hybridized carbons (Fsp3) is 0.333. The molecule has 0 N–H and O–H groups in total. The van der Waals surface area contributed by atoms with Crippen LogP contribution in [-0.2, 0) is 12.8 Å². The molecule has 2 aromatic rings. The molecule has 0 saturated carbocycles. The standard InChI is InChI=1S/C12H13BrS/c1-3-8-7-11-10(5-6-14-11)12(13)9(8)4-2/h5-7H,3-4H2,1-2H3. The first-order valence-corrected chi connectivity index (χ1v) is 6.62. The summed E-state index contributed by atoms with van der Waals surface area (Å²) in [5, 5.41) is 3.53. The van der Waals surface area contributed by atoms with Gasteiger partial charge in [0.1, 0.15) is 0 Å². The van der Waals surface area contributed by atoms with Gasteiger partial charge in [-0.25, -0.2) is 0 Å². The minimum atomic E-state index is 1.11. The molecule has 0 unspecified atom stereocenters. The Morgan fingerprint density at radius 1 is 1.29 bits per heavy atom. The molecule has 74 valence electrons. The first-order chi connectivity index (χ1) is 6.77. The molecule has 0 atom stereocenters. The number of hydrogen-bond acceptors (Lipinski definition) is 1. The molecule has 0 radical (unpaired) electrons. The van der Waals surface area contributed by atoms with Crippen LogP contribution >= 0.6 is 27.3 Å². The highest BCUT2D eigenvalue weighted by atomic mass is 79.9. The molecule has 1 aromatic heterocycles. The summed E-state index contributed by atoms with van der Waals surface area (Å²) in [7, 11) is 0. The smallest absolute Gasteiger partial charge is 0.0356 e. The maximum atomic E-state index is 3.72. The van der Waals surface area contributed by atoms with Crippen molar-refractivity contribution in [1.29, 1.82) is 0 Å². The summed E-state index contributed by atoms with van der Waals surface area (Å²) in [5.41, 5.74) is 2.95. The molecule has 1 aromatic carbocycles. The number of thiophene rings is 1. The number of benzene rings is 1. The predicted octanol–water partition coefficient (Wildman–Crippen LogP) is 4.79. The molecular weight excluding hydrogens is 256 g/mol. The molecule has 0 saturated heterocycles. The van der Waals surface area contributed by atoms with E-state index in [9.17, 15) is 0 Å². The Hall–Kier alpha value is -0.340. The van der Waals surface area contributed by atoms with Gasteiger partial charge >= 0.3 is 0 Å². The normalized spacial score (nSPS) is 11.1. The van der Waals surface area contributed by atoms with Gasteiger partial charge in [-0.2, -0.15) is 0 Å². The van der Waals surface area contributed by atoms with E-state index in [4.69, 9.17) is 0 Å². The molecule has 0 aliphatic carbocycles. The second-order valence-corrected chi connectivity index (χ2v) is 5.11. The SMILES string of the molecule is CCc1cc2sccc2c(Br)c1CC. The highest BCUT2D eigenvalue weighted by Crippen LogP contribution is 2.34. The Labute approximate surface area is 97.1 Å². The molecule has 0 aliphatic rings. The van der Waals surface area contributed by atoms with Crippen molar-refractivity contribution in [2.24, 2.45) is 0 Å². The summed E-state index contributed by atoms with van der Waals surface area (Å²) in [4.78, 5) is 0. The Morgan fingerprint density at radius 2 is 2.07 bits per heavy atom. The molecule has 2 heteroatoms. The predicted molar refractivity (Wildman–Crippen MR) is 68.3 cm³/mol. The van der Waals surface area contributed by atoms with Crippen molar-refractivity contribution in [3.63, 3.8) is 0 Å². The zero-order valence-electron chi connectivity index (χ0n) is 8.43. The van der Waals surface area contributed by atoms with Gasteiger partial charge in [0.2, 0.25) is 0 Å². The van der Waals surface area contributed by atoms with Gasteiger partial charge in [0.05, 0.1) is 0 Å². The van der Waals surface area contributed by atoms with E-state index in [0.717, 1.165) is 12.8 Å². The Morgan fingerprint density at radius 3 is 2.71 bits per heavy atom. The number of fused-ring (bicyclic) bond motifs is 1. The van der Waals surface area contributed by atoms with Crippen molar-refractivity contribution in [3.05, 3.63) is 33.1 Å². The molecule has 1 heterocycles. The molecule has 0 amide bonds. The van der Waals surface area contributed by atoms with E-state index in [1.54, 1.807) is 0 Å². The van der Waals surface area contributed by atoms with E-state index in [1.807, 2.05) is 11.3 Å². The molecule has 0 bridgehead atoms. The minimum Gasteiger partial charge on any atom is -0.144 e. The van der Waals surface area contributed by atoms with Crippen molar-refractivity contribution in [2.75, 3.05) is 0 Å². The molecule has 0 aliphatic heterocycles. The van der Waals surface area contributed by atoms with E-state index in [0.29, 0.717) is 0 Å². The largest absolute Gasteiger partial charge is 0.144 e. The number of rotatable bonds is 2. The highest BCUT2D eigenvalue weighted by Gasteiger charge is 2.09. The van der Waals surface area contributed by atoms with Crippen LogP contribution in [0.4, 0.5) is 0 Å². The van der Waals surface area contributed by atoms with Gasteiger partial charge in [0.25, 0.3) is 0 Å². The van der Waals surface area contributed by atoms with Gasteiger partial charge in [-0.05, 0) is 57.4 Å². The van der Waals surface area contributed by atoms with Crippen LogP contribution in [0.25, 0.3) is 10.1 Å². The van der Waals surface area contributed by atoms with Crippen LogP contribution in [0, 0.1) is 0 Å². The third-order valence-corrected chi connectivity index (χ3v) is 4.39. The molecule has 0 fully saturated rings. The summed E-state index contributed by atoms with van der Waals surface area (Å²) < 4.78 is 2.70. The first kappa shape index (κ1) is 10.2. The second kappa shape index (κ2) is 4.03. The highest BCUT2D eigenvalue weighted by molar-refractivity contribution is 9.10. The fourth-order valence-corrected chi connectivity index (χ4v) is 3.73. The number of aryl methyl sites for hydroxylation is 1. The van der Waals surface area contributed by atoms with E-state index >= 15 is 0 Å². The first-order valence-electron chi connectivity index (χ1n) is 4.95. The van der Waals surface area contributed by atoms with Crippen molar-refractivity contribution in [1.82, 2.24) is 0 Å². The topological polar surface area (TPSA) is 0 Å². The van der Waals surface area contributed by atoms with Gasteiger partial charge < -0.3 is 0 Å². The zero-order valence-corrected chi connectivity index (χ0v) is 10.8. The van der Waals surface area contributed by atoms with Crippen molar-refractivity contribution in [3.8, 4) is 0 Å². The maximum Gasteiger partial charge on any atom is 0.0356 e. The van der Waals surface area contributed by atoms with Crippen LogP contribution in [0.15, 0.2) is 22.0 Å². The van der Waals surface area contributed by atoms with Crippen molar-refractivity contribution < 1.29 is 0 Å². The van der Waals surface area contributed by atoms with Gasteiger partial charge in [-0.3, -0.25) is 0 Å². The average molecular weight is 269 g/mol. The Kier molecular flexibility index (Phi) is 2.93. The average Bonchev–Trinajstić information content (AvgIpc) is 2.65. The Bertz CT molecular complexity index is 457. The van der Waals surface area contributed by atoms with Crippen molar-refractivity contribution in [2.45, 2.75) is 26.7 Å². The molecule has 14 heavy (non-hydrogen) atoms. The number of halogens is 1. The summed E-state index contributed by atoms with van der Waals surface area (Å²) in [6.07, 6.45) is 2.23. The lowest BCUT2D eigenvalue weighted by Gasteiger charge is -2.09. The quantitative estimate of drug-likeness (QED) is 0.735. The van der Waals surface area contributed by atoms with E-state index in [2.05, 4.69) is 47.3 Å². The summed E-state index contributed by atoms with van der Waals surface area (Å²) >= 11 is 5.54. The van der Waals surface area contributed by atoms with Crippen LogP contribution in [0.5, 0.6) is 0 Å². The monoisotopic (exact) mass is 268 g/mol. The van der Waals surface area contributed by atoms with Crippen LogP contribution in [-0.4, -0.2) is 0 Å². The summed E-state index contributed by atoms with van der Waals surface area (Å²) in [6, 6.07) is 4.53.